The van der Waals surface area contributed by atoms with E-state index in [0.717, 1.165) is 34.0 Å². The van der Waals surface area contributed by atoms with Gasteiger partial charge in [0.1, 0.15) is 76.7 Å². The lowest BCUT2D eigenvalue weighted by Crippen LogP contribution is -2.41. The number of ether oxygens (including phenoxy) is 3. The van der Waals surface area contributed by atoms with Crippen LogP contribution in [0.1, 0.15) is 128 Å². The van der Waals surface area contributed by atoms with Crippen molar-refractivity contribution in [3.05, 3.63) is 106 Å². The van der Waals surface area contributed by atoms with E-state index in [1.165, 1.54) is 55.1 Å². The van der Waals surface area contributed by atoms with Crippen LogP contribution in [0.5, 0.6) is 0 Å². The zero-order chi connectivity index (χ0) is 61.2. The number of rotatable bonds is 14. The summed E-state index contributed by atoms with van der Waals surface area (Å²) >= 11 is 6.91. The molecule has 1 aliphatic heterocycles. The highest BCUT2D eigenvalue weighted by Crippen LogP contribution is 2.41. The van der Waals surface area contributed by atoms with Gasteiger partial charge in [-0.3, -0.25) is 38.9 Å². The summed E-state index contributed by atoms with van der Waals surface area (Å²) in [5, 5.41) is 27.9. The van der Waals surface area contributed by atoms with Gasteiger partial charge in [-0.05, 0) is 58.2 Å². The first-order chi connectivity index (χ1) is 41.2. The highest BCUT2D eigenvalue weighted by molar-refractivity contribution is 7.16. The summed E-state index contributed by atoms with van der Waals surface area (Å²) in [6, 6.07) is 10.2. The molecule has 7 aromatic heterocycles. The lowest BCUT2D eigenvalue weighted by molar-refractivity contribution is -0.149. The third-order valence-corrected chi connectivity index (χ3v) is 17.8. The second-order valence-electron chi connectivity index (χ2n) is 19.9. The van der Waals surface area contributed by atoms with Crippen molar-refractivity contribution in [1.29, 1.82) is 0 Å². The molecule has 10 bridgehead atoms. The van der Waals surface area contributed by atoms with Crippen LogP contribution in [0.2, 0.25) is 0 Å². The SMILES string of the molecule is CNC(=O)C[C@@H]1NC(=O)c2csc(n2)-c2ccc(-c3nc(NC(=O)CCCCNC(=O)OC(C)(C)C)cs3)nc2-c2csc(n2)-c2csc(n2)C([C@@H](OC(C)=O)c2ccccc2)NC(=O)CNC(=O)c2nc(sc2COC)NC(=O)c2nc1sc2C. The van der Waals surface area contributed by atoms with E-state index >= 15 is 0 Å². The van der Waals surface area contributed by atoms with E-state index in [4.69, 9.17) is 34.1 Å². The van der Waals surface area contributed by atoms with E-state index in [0.29, 0.717) is 88.9 Å². The molecule has 0 radical (unpaired) electrons. The summed E-state index contributed by atoms with van der Waals surface area (Å²) in [6.07, 6.45) is -0.629. The number of aryl methyl sites for hydroxylation is 1. The average Bonchev–Trinajstić information content (AvgIpc) is 2.27. The summed E-state index contributed by atoms with van der Waals surface area (Å²) in [6.45, 7) is 7.95. The van der Waals surface area contributed by atoms with Gasteiger partial charge >= 0.3 is 12.1 Å². The van der Waals surface area contributed by atoms with Crippen molar-refractivity contribution >= 4 is 126 Å². The van der Waals surface area contributed by atoms with E-state index in [1.807, 2.05) is 0 Å². The molecule has 8 heterocycles. The molecule has 7 amide bonds. The first-order valence-corrected chi connectivity index (χ1v) is 31.6. The van der Waals surface area contributed by atoms with Crippen molar-refractivity contribution in [1.82, 2.24) is 61.5 Å². The van der Waals surface area contributed by atoms with E-state index in [1.54, 1.807) is 91.7 Å². The number of anilines is 2. The van der Waals surface area contributed by atoms with Crippen LogP contribution in [-0.2, 0) is 40.0 Å². The Morgan fingerprint density at radius 2 is 1.45 bits per heavy atom. The maximum atomic E-state index is 14.2. The number of esters is 1. The molecule has 8 aromatic rings. The standard InChI is InChI=1S/C55H56N14O11S6/c1-26-40-47(76)69-53-68-42(35(86-53)21-78-7)46(75)58-20-39(73)66-43(44(79-27(2)70)28-13-9-8-10-14-28)52-63-34(24-83-52)50-61-32(22-82-50)41-29(48-62-33(23-81-48)45(74)60-31(19-38(72)56-6)51(67-40)85-26)16-17-30(59-41)49-65-36(25-84-49)64-37(71)15-11-12-18-57-54(77)80-55(3,4)5/h8-10,13-14,16-17,22-25,31,43-44H,11-12,15,18-21H2,1-7H3,(H,56,72)(H,57,77)(H,58,75)(H,60,74)(H,64,71)(H,66,73)(H,68,69,76)/t31-,43?,44-/m0/s1. The summed E-state index contributed by atoms with van der Waals surface area (Å²) < 4.78 is 16.5. The van der Waals surface area contributed by atoms with Crippen molar-refractivity contribution in [2.75, 3.05) is 37.9 Å². The Morgan fingerprint density at radius 3 is 2.21 bits per heavy atom. The average molecular weight is 1280 g/mol. The summed E-state index contributed by atoms with van der Waals surface area (Å²) in [5.74, 6) is -3.75. The van der Waals surface area contributed by atoms with Gasteiger partial charge in [-0.2, -0.15) is 0 Å². The van der Waals surface area contributed by atoms with E-state index in [2.05, 4.69) is 52.2 Å². The predicted octanol–water partition coefficient (Wildman–Crippen LogP) is 8.64. The van der Waals surface area contributed by atoms with Crippen molar-refractivity contribution in [3.63, 3.8) is 0 Å². The number of methoxy groups -OCH3 is 1. The molecule has 9 rings (SSSR count). The summed E-state index contributed by atoms with van der Waals surface area (Å²) in [5.41, 5.74) is 1.86. The van der Waals surface area contributed by atoms with Crippen LogP contribution < -0.4 is 37.2 Å². The largest absolute Gasteiger partial charge is 0.455 e. The molecule has 25 nitrogen and oxygen atoms in total. The number of pyridine rings is 1. The molecule has 7 N–H and O–H groups in total. The zero-order valence-corrected chi connectivity index (χ0v) is 52.0. The number of carbonyl (C=O) groups excluding carboxylic acids is 8. The third kappa shape index (κ3) is 15.7. The number of thiazole rings is 6. The van der Waals surface area contributed by atoms with Crippen LogP contribution in [0.4, 0.5) is 15.7 Å². The molecular weight excluding hydrogens is 1230 g/mol. The monoisotopic (exact) mass is 1280 g/mol. The second-order valence-corrected chi connectivity index (χ2v) is 25.7. The molecule has 86 heavy (non-hydrogen) atoms. The normalized spacial score (nSPS) is 15.1. The lowest BCUT2D eigenvalue weighted by atomic mass is 10.0. The number of amides is 7. The first kappa shape index (κ1) is 62.2. The van der Waals surface area contributed by atoms with Gasteiger partial charge in [0.25, 0.3) is 17.7 Å². The van der Waals surface area contributed by atoms with Crippen molar-refractivity contribution in [2.45, 2.75) is 90.7 Å². The number of hydrogen-bond acceptors (Lipinski definition) is 24. The Labute approximate surface area is 515 Å². The fraction of sp³-hybridized carbons (Fsp3) is 0.327. The lowest BCUT2D eigenvalue weighted by Gasteiger charge is -2.26. The van der Waals surface area contributed by atoms with Crippen LogP contribution in [0.3, 0.4) is 0 Å². The van der Waals surface area contributed by atoms with Crippen LogP contribution >= 0.6 is 68.0 Å². The van der Waals surface area contributed by atoms with Crippen molar-refractivity contribution < 1.29 is 52.6 Å². The molecule has 0 saturated carbocycles. The van der Waals surface area contributed by atoms with Gasteiger partial charge in [0, 0.05) is 66.0 Å². The molecule has 0 saturated heterocycles. The Balaban J connectivity index is 1.07. The third-order valence-electron chi connectivity index (χ3n) is 12.3. The Kier molecular flexibility index (Phi) is 20.1. The van der Waals surface area contributed by atoms with E-state index in [9.17, 15) is 38.4 Å². The Morgan fingerprint density at radius 1 is 0.721 bits per heavy atom. The van der Waals surface area contributed by atoms with Crippen LogP contribution in [-0.4, -0.2) is 115 Å². The van der Waals surface area contributed by atoms with Crippen LogP contribution in [0.15, 0.2) is 64.0 Å². The summed E-state index contributed by atoms with van der Waals surface area (Å²) in [4.78, 5) is 141. The number of nitrogens with one attached hydrogen (secondary N) is 7. The molecule has 448 valence electrons. The first-order valence-electron chi connectivity index (χ1n) is 26.4. The molecule has 1 aromatic carbocycles. The zero-order valence-electron chi connectivity index (χ0n) is 47.1. The van der Waals surface area contributed by atoms with Gasteiger partial charge in [0.05, 0.1) is 36.2 Å². The fourth-order valence-corrected chi connectivity index (χ4v) is 13.6. The quantitative estimate of drug-likeness (QED) is 0.0395. The van der Waals surface area contributed by atoms with E-state index < -0.39 is 71.9 Å². The number of nitrogens with zero attached hydrogens (tertiary/aromatic N) is 7. The minimum Gasteiger partial charge on any atom is -0.455 e. The summed E-state index contributed by atoms with van der Waals surface area (Å²) in [7, 11) is 2.88. The molecule has 3 atom stereocenters. The fourth-order valence-electron chi connectivity index (χ4n) is 8.40. The maximum absolute atomic E-state index is 14.2. The van der Waals surface area contributed by atoms with Gasteiger partial charge < -0.3 is 46.1 Å². The number of fused-ring (bicyclic) bond motifs is 14. The Bertz CT molecular complexity index is 3830. The molecule has 0 aliphatic carbocycles. The van der Waals surface area contributed by atoms with Gasteiger partial charge in [-0.25, -0.2) is 39.7 Å². The van der Waals surface area contributed by atoms with Gasteiger partial charge in [-0.1, -0.05) is 41.7 Å². The van der Waals surface area contributed by atoms with Crippen LogP contribution in [0, 0.1) is 6.92 Å². The highest BCUT2D eigenvalue weighted by atomic mass is 32.1. The molecule has 0 fully saturated rings. The van der Waals surface area contributed by atoms with Gasteiger partial charge in [-0.15, -0.1) is 56.7 Å². The molecule has 1 unspecified atom stereocenters. The molecule has 1 aliphatic rings. The predicted molar refractivity (Wildman–Crippen MR) is 326 cm³/mol. The van der Waals surface area contributed by atoms with Gasteiger partial charge in [0.2, 0.25) is 17.7 Å². The number of unbranched alkanes of at least 4 members (excludes halogenated alkanes) is 1. The minimum absolute atomic E-state index is 0.00888. The number of hydrogen-bond donors (Lipinski definition) is 7. The minimum atomic E-state index is -1.09. The molecule has 0 spiro atoms. The number of aromatic nitrogens is 7. The Hall–Kier alpha value is -8.33. The van der Waals surface area contributed by atoms with E-state index in [-0.39, 0.29) is 52.6 Å². The number of alkyl carbamates (subject to hydrolysis) is 1. The van der Waals surface area contributed by atoms with Crippen molar-refractivity contribution in [3.8, 4) is 43.4 Å². The smallest absolute Gasteiger partial charge is 0.407 e. The second kappa shape index (κ2) is 27.8. The number of benzene rings is 1. The van der Waals surface area contributed by atoms with Gasteiger partial charge in [0.15, 0.2) is 11.2 Å². The number of carbonyl (C=O) groups is 8. The van der Waals surface area contributed by atoms with Crippen molar-refractivity contribution in [2.24, 2.45) is 0 Å². The highest BCUT2D eigenvalue weighted by Gasteiger charge is 2.34. The topological polar surface area (TPSA) is 339 Å². The maximum Gasteiger partial charge on any atom is 0.407 e. The molecular formula is C55H56N14O11S6. The van der Waals surface area contributed by atoms with Crippen LogP contribution in [0.25, 0.3) is 43.4 Å². The molecule has 31 heteroatoms.